The molecule has 0 saturated heterocycles. The van der Waals surface area contributed by atoms with Crippen LogP contribution >= 0.6 is 0 Å². The molecule has 0 radical (unpaired) electrons. The molecule has 0 aliphatic heterocycles. The molecule has 0 aromatic heterocycles. The van der Waals surface area contributed by atoms with E-state index in [1.54, 1.807) is 0 Å². The van der Waals surface area contributed by atoms with Crippen molar-refractivity contribution < 1.29 is 0 Å². The van der Waals surface area contributed by atoms with E-state index in [9.17, 15) is 0 Å². The van der Waals surface area contributed by atoms with Crippen LogP contribution in [0.3, 0.4) is 0 Å². The molecule has 0 bridgehead atoms. The van der Waals surface area contributed by atoms with Crippen LogP contribution < -0.4 is 5.32 Å². The van der Waals surface area contributed by atoms with Gasteiger partial charge in [0.15, 0.2) is 0 Å². The third kappa shape index (κ3) is 5.90. The van der Waals surface area contributed by atoms with Gasteiger partial charge < -0.3 is 10.2 Å². The molecule has 0 unspecified atom stereocenters. The lowest BCUT2D eigenvalue weighted by molar-refractivity contribution is 0.116. The molecule has 1 N–H and O–H groups in total. The standard InChI is InChI=1S/C19H38N2/c1-17(2)13-20-15-19(11-6-4-5-7-12-19)16-21(3)14-18-9-8-10-18/h17-18,20H,4-16H2,1-3H3. The molecule has 2 fully saturated rings. The second kappa shape index (κ2) is 8.53. The Labute approximate surface area is 133 Å². The Kier molecular flexibility index (Phi) is 7.01. The van der Waals surface area contributed by atoms with Gasteiger partial charge in [0.25, 0.3) is 0 Å². The first-order valence-corrected chi connectivity index (χ1v) is 9.49. The van der Waals surface area contributed by atoms with Crippen LogP contribution in [0, 0.1) is 17.3 Å². The average molecular weight is 295 g/mol. The molecule has 2 aliphatic rings. The van der Waals surface area contributed by atoms with Crippen LogP contribution in [0.25, 0.3) is 0 Å². The first-order valence-electron chi connectivity index (χ1n) is 9.49. The fourth-order valence-corrected chi connectivity index (χ4v) is 4.25. The molecule has 0 aromatic carbocycles. The second-order valence-electron chi connectivity index (χ2n) is 8.43. The van der Waals surface area contributed by atoms with Gasteiger partial charge in [0.05, 0.1) is 0 Å². The Bertz CT molecular complexity index is 275. The average Bonchev–Trinajstić information content (AvgIpc) is 2.59. The molecule has 0 spiro atoms. The van der Waals surface area contributed by atoms with Crippen molar-refractivity contribution in [2.45, 2.75) is 71.6 Å². The topological polar surface area (TPSA) is 15.3 Å². The van der Waals surface area contributed by atoms with E-state index < -0.39 is 0 Å². The molecular weight excluding hydrogens is 256 g/mol. The van der Waals surface area contributed by atoms with Crippen molar-refractivity contribution in [3.63, 3.8) is 0 Å². The minimum absolute atomic E-state index is 0.546. The van der Waals surface area contributed by atoms with Crippen molar-refractivity contribution >= 4 is 0 Å². The van der Waals surface area contributed by atoms with Crippen LogP contribution in [0.1, 0.15) is 71.6 Å². The van der Waals surface area contributed by atoms with Crippen LogP contribution in [0.15, 0.2) is 0 Å². The van der Waals surface area contributed by atoms with Crippen LogP contribution in [0.2, 0.25) is 0 Å². The second-order valence-corrected chi connectivity index (χ2v) is 8.43. The van der Waals surface area contributed by atoms with Crippen molar-refractivity contribution in [1.82, 2.24) is 10.2 Å². The largest absolute Gasteiger partial charge is 0.316 e. The number of nitrogens with one attached hydrogen (secondary N) is 1. The molecule has 0 atom stereocenters. The lowest BCUT2D eigenvalue weighted by Gasteiger charge is -2.39. The number of rotatable bonds is 8. The number of nitrogens with zero attached hydrogens (tertiary/aromatic N) is 1. The highest BCUT2D eigenvalue weighted by Crippen LogP contribution is 2.36. The highest BCUT2D eigenvalue weighted by molar-refractivity contribution is 4.87. The fraction of sp³-hybridized carbons (Fsp3) is 1.00. The molecule has 0 aromatic rings. The molecule has 0 heterocycles. The molecule has 2 rings (SSSR count). The first kappa shape index (κ1) is 17.3. The maximum absolute atomic E-state index is 3.78. The summed E-state index contributed by atoms with van der Waals surface area (Å²) in [7, 11) is 2.37. The van der Waals surface area contributed by atoms with Gasteiger partial charge in [-0.2, -0.15) is 0 Å². The summed E-state index contributed by atoms with van der Waals surface area (Å²) >= 11 is 0. The van der Waals surface area contributed by atoms with Gasteiger partial charge in [-0.15, -0.1) is 0 Å². The Balaban J connectivity index is 1.86. The van der Waals surface area contributed by atoms with Crippen molar-refractivity contribution in [3.05, 3.63) is 0 Å². The SMILES string of the molecule is CC(C)CNCC1(CN(C)CC2CCC2)CCCCCC1. The zero-order valence-corrected chi connectivity index (χ0v) is 14.8. The summed E-state index contributed by atoms with van der Waals surface area (Å²) in [4.78, 5) is 2.66. The monoisotopic (exact) mass is 294 g/mol. The van der Waals surface area contributed by atoms with E-state index in [1.807, 2.05) is 0 Å². The summed E-state index contributed by atoms with van der Waals surface area (Å²) in [5, 5.41) is 3.78. The van der Waals surface area contributed by atoms with E-state index in [2.05, 4.69) is 31.1 Å². The highest BCUT2D eigenvalue weighted by Gasteiger charge is 2.32. The van der Waals surface area contributed by atoms with Gasteiger partial charge in [-0.3, -0.25) is 0 Å². The van der Waals surface area contributed by atoms with Crippen molar-refractivity contribution in [1.29, 1.82) is 0 Å². The Hall–Kier alpha value is -0.0800. The zero-order chi connectivity index (χ0) is 15.1. The van der Waals surface area contributed by atoms with Crippen molar-refractivity contribution in [3.8, 4) is 0 Å². The summed E-state index contributed by atoms with van der Waals surface area (Å²) in [6.07, 6.45) is 13.1. The molecule has 0 amide bonds. The maximum Gasteiger partial charge on any atom is 0.00472 e. The third-order valence-electron chi connectivity index (χ3n) is 5.62. The van der Waals surface area contributed by atoms with Gasteiger partial charge in [0.1, 0.15) is 0 Å². The molecule has 124 valence electrons. The van der Waals surface area contributed by atoms with Gasteiger partial charge >= 0.3 is 0 Å². The minimum atomic E-state index is 0.546. The summed E-state index contributed by atoms with van der Waals surface area (Å²) in [5.74, 6) is 1.77. The van der Waals surface area contributed by atoms with Gasteiger partial charge in [-0.05, 0) is 56.5 Å². The molecule has 2 nitrogen and oxygen atoms in total. The first-order chi connectivity index (χ1) is 10.1. The molecule has 2 aliphatic carbocycles. The van der Waals surface area contributed by atoms with E-state index in [1.165, 1.54) is 84.0 Å². The van der Waals surface area contributed by atoms with E-state index in [-0.39, 0.29) is 0 Å². The number of hydrogen-bond donors (Lipinski definition) is 1. The summed E-state index contributed by atoms with van der Waals surface area (Å²) in [6.45, 7) is 9.69. The highest BCUT2D eigenvalue weighted by atomic mass is 15.1. The zero-order valence-electron chi connectivity index (χ0n) is 14.8. The molecule has 21 heavy (non-hydrogen) atoms. The van der Waals surface area contributed by atoms with Crippen LogP contribution in [0.4, 0.5) is 0 Å². The fourth-order valence-electron chi connectivity index (χ4n) is 4.25. The smallest absolute Gasteiger partial charge is 0.00472 e. The molecular formula is C19H38N2. The van der Waals surface area contributed by atoms with Gasteiger partial charge in [-0.1, -0.05) is 46.0 Å². The molecule has 2 heteroatoms. The lowest BCUT2D eigenvalue weighted by Crippen LogP contribution is -2.45. The van der Waals surface area contributed by atoms with Crippen LogP contribution in [-0.4, -0.2) is 38.1 Å². The maximum atomic E-state index is 3.78. The van der Waals surface area contributed by atoms with E-state index >= 15 is 0 Å². The van der Waals surface area contributed by atoms with E-state index in [0.29, 0.717) is 5.41 Å². The summed E-state index contributed by atoms with van der Waals surface area (Å²) in [5.41, 5.74) is 0.546. The Morgan fingerprint density at radius 1 is 1.05 bits per heavy atom. The Morgan fingerprint density at radius 3 is 2.24 bits per heavy atom. The van der Waals surface area contributed by atoms with Gasteiger partial charge in [-0.25, -0.2) is 0 Å². The summed E-state index contributed by atoms with van der Waals surface area (Å²) < 4.78 is 0. The number of hydrogen-bond acceptors (Lipinski definition) is 2. The van der Waals surface area contributed by atoms with Crippen LogP contribution in [0.5, 0.6) is 0 Å². The molecule has 2 saturated carbocycles. The normalized spacial score (nSPS) is 23.3. The quantitative estimate of drug-likeness (QED) is 0.671. The van der Waals surface area contributed by atoms with Gasteiger partial charge in [0, 0.05) is 19.6 Å². The van der Waals surface area contributed by atoms with Gasteiger partial charge in [0.2, 0.25) is 0 Å². The Morgan fingerprint density at radius 2 is 1.71 bits per heavy atom. The predicted molar refractivity (Wildman–Crippen MR) is 92.7 cm³/mol. The van der Waals surface area contributed by atoms with E-state index in [4.69, 9.17) is 0 Å². The lowest BCUT2D eigenvalue weighted by atomic mass is 9.78. The van der Waals surface area contributed by atoms with Crippen molar-refractivity contribution in [2.75, 3.05) is 33.2 Å². The summed E-state index contributed by atoms with van der Waals surface area (Å²) in [6, 6.07) is 0. The predicted octanol–water partition coefficient (Wildman–Crippen LogP) is 4.30. The van der Waals surface area contributed by atoms with Crippen LogP contribution in [-0.2, 0) is 0 Å². The van der Waals surface area contributed by atoms with E-state index in [0.717, 1.165) is 11.8 Å². The third-order valence-corrected chi connectivity index (χ3v) is 5.62. The minimum Gasteiger partial charge on any atom is -0.316 e. The van der Waals surface area contributed by atoms with Crippen molar-refractivity contribution in [2.24, 2.45) is 17.3 Å².